The van der Waals surface area contributed by atoms with E-state index in [0.717, 1.165) is 19.0 Å². The Morgan fingerprint density at radius 1 is 1.57 bits per heavy atom. The third-order valence-corrected chi connectivity index (χ3v) is 3.95. The second-order valence-corrected chi connectivity index (χ2v) is 6.39. The highest BCUT2D eigenvalue weighted by Crippen LogP contribution is 2.19. The van der Waals surface area contributed by atoms with Crippen LogP contribution in [0.25, 0.3) is 0 Å². The van der Waals surface area contributed by atoms with Crippen LogP contribution in [0.5, 0.6) is 0 Å². The zero-order valence-corrected chi connectivity index (χ0v) is 12.1. The molecule has 1 amide bonds. The van der Waals surface area contributed by atoms with Crippen molar-refractivity contribution < 1.29 is 17.6 Å². The van der Waals surface area contributed by atoms with Crippen LogP contribution in [0, 0.1) is 11.7 Å². The minimum absolute atomic E-state index is 0.0231. The molecule has 21 heavy (non-hydrogen) atoms. The van der Waals surface area contributed by atoms with Gasteiger partial charge in [0, 0.05) is 25.8 Å². The number of likely N-dealkylation sites (tertiary alicyclic amines) is 1. The maximum Gasteiger partial charge on any atom is 0.274 e. The van der Waals surface area contributed by atoms with Crippen LogP contribution in [-0.4, -0.2) is 43.8 Å². The lowest BCUT2D eigenvalue weighted by molar-refractivity contribution is 0.0671. The second-order valence-electron chi connectivity index (χ2n) is 5.01. The van der Waals surface area contributed by atoms with Crippen LogP contribution in [0.15, 0.2) is 18.5 Å². The molecule has 1 aliphatic heterocycles. The van der Waals surface area contributed by atoms with Gasteiger partial charge in [0.25, 0.3) is 16.1 Å². The SMILES string of the molecule is NS(=O)(=O)NCC1CCCN(C(=O)c2ccncc2F)C1. The molecule has 2 rings (SSSR count). The molecule has 3 N–H and O–H groups in total. The van der Waals surface area contributed by atoms with Gasteiger partial charge in [-0.05, 0) is 24.8 Å². The van der Waals surface area contributed by atoms with Gasteiger partial charge in [0.2, 0.25) is 0 Å². The summed E-state index contributed by atoms with van der Waals surface area (Å²) in [6.45, 7) is 1.05. The van der Waals surface area contributed by atoms with E-state index in [4.69, 9.17) is 5.14 Å². The molecule has 0 aliphatic carbocycles. The first-order valence-electron chi connectivity index (χ1n) is 6.53. The first-order valence-corrected chi connectivity index (χ1v) is 8.07. The van der Waals surface area contributed by atoms with E-state index in [2.05, 4.69) is 9.71 Å². The Bertz CT molecular complexity index is 623. The summed E-state index contributed by atoms with van der Waals surface area (Å²) in [5.74, 6) is -1.10. The van der Waals surface area contributed by atoms with Gasteiger partial charge in [0.15, 0.2) is 5.82 Å². The standard InChI is InChI=1S/C12H17FN4O3S/c13-11-7-15-4-3-10(11)12(18)17-5-1-2-9(8-17)6-16-21(14,19)20/h3-4,7,9,16H,1-2,5-6,8H2,(H2,14,19,20). The summed E-state index contributed by atoms with van der Waals surface area (Å²) in [6.07, 6.45) is 3.87. The summed E-state index contributed by atoms with van der Waals surface area (Å²) < 4.78 is 37.6. The first-order chi connectivity index (χ1) is 9.87. The molecule has 1 aliphatic rings. The van der Waals surface area contributed by atoms with Crippen molar-refractivity contribution in [3.8, 4) is 0 Å². The topological polar surface area (TPSA) is 105 Å². The van der Waals surface area contributed by atoms with Gasteiger partial charge >= 0.3 is 0 Å². The molecule has 1 atom stereocenters. The Morgan fingerprint density at radius 2 is 2.33 bits per heavy atom. The number of nitrogens with zero attached hydrogens (tertiary/aromatic N) is 2. The molecule has 2 heterocycles. The number of hydrogen-bond acceptors (Lipinski definition) is 4. The van der Waals surface area contributed by atoms with Crippen LogP contribution in [-0.2, 0) is 10.2 Å². The van der Waals surface area contributed by atoms with Gasteiger partial charge < -0.3 is 4.90 Å². The lowest BCUT2D eigenvalue weighted by atomic mass is 9.97. The molecule has 7 nitrogen and oxygen atoms in total. The van der Waals surface area contributed by atoms with E-state index in [9.17, 15) is 17.6 Å². The monoisotopic (exact) mass is 316 g/mol. The number of aromatic nitrogens is 1. The van der Waals surface area contributed by atoms with Crippen molar-refractivity contribution >= 4 is 16.1 Å². The fraction of sp³-hybridized carbons (Fsp3) is 0.500. The van der Waals surface area contributed by atoms with E-state index >= 15 is 0 Å². The lowest BCUT2D eigenvalue weighted by Gasteiger charge is -2.32. The lowest BCUT2D eigenvalue weighted by Crippen LogP contribution is -2.44. The number of rotatable bonds is 4. The smallest absolute Gasteiger partial charge is 0.274 e. The number of carbonyl (C=O) groups excluding carboxylic acids is 1. The van der Waals surface area contributed by atoms with E-state index in [1.54, 1.807) is 0 Å². The summed E-state index contributed by atoms with van der Waals surface area (Å²) in [7, 11) is -3.74. The largest absolute Gasteiger partial charge is 0.338 e. The van der Waals surface area contributed by atoms with E-state index in [0.29, 0.717) is 13.1 Å². The maximum atomic E-state index is 13.6. The molecule has 1 aromatic rings. The summed E-state index contributed by atoms with van der Waals surface area (Å²) >= 11 is 0. The molecule has 1 unspecified atom stereocenters. The Balaban J connectivity index is 2.01. The van der Waals surface area contributed by atoms with Crippen LogP contribution < -0.4 is 9.86 Å². The fourth-order valence-electron chi connectivity index (χ4n) is 2.37. The van der Waals surface area contributed by atoms with Gasteiger partial charge in [0.1, 0.15) is 0 Å². The number of carbonyl (C=O) groups is 1. The van der Waals surface area contributed by atoms with Gasteiger partial charge in [-0.2, -0.15) is 8.42 Å². The van der Waals surface area contributed by atoms with Crippen LogP contribution in [0.4, 0.5) is 4.39 Å². The average Bonchev–Trinajstić information content (AvgIpc) is 2.44. The Morgan fingerprint density at radius 3 is 3.00 bits per heavy atom. The molecular formula is C12H17FN4O3S. The van der Waals surface area contributed by atoms with Crippen molar-refractivity contribution in [2.24, 2.45) is 11.1 Å². The second kappa shape index (κ2) is 6.46. The number of amides is 1. The molecule has 0 aromatic carbocycles. The van der Waals surface area contributed by atoms with Crippen LogP contribution in [0.1, 0.15) is 23.2 Å². The maximum absolute atomic E-state index is 13.6. The number of nitrogens with one attached hydrogen (secondary N) is 1. The van der Waals surface area contributed by atoms with Gasteiger partial charge in [-0.3, -0.25) is 9.78 Å². The van der Waals surface area contributed by atoms with Crippen LogP contribution in [0.3, 0.4) is 0 Å². The van der Waals surface area contributed by atoms with Gasteiger partial charge in [0.05, 0.1) is 11.8 Å². The predicted molar refractivity (Wildman–Crippen MR) is 73.9 cm³/mol. The van der Waals surface area contributed by atoms with E-state index < -0.39 is 21.9 Å². The number of hydrogen-bond donors (Lipinski definition) is 2. The molecule has 116 valence electrons. The number of halogens is 1. The third-order valence-electron chi connectivity index (χ3n) is 3.38. The average molecular weight is 316 g/mol. The quantitative estimate of drug-likeness (QED) is 0.807. The normalized spacial score (nSPS) is 19.5. The third kappa shape index (κ3) is 4.45. The molecular weight excluding hydrogens is 299 g/mol. The Labute approximate surface area is 122 Å². The van der Waals surface area contributed by atoms with Crippen molar-refractivity contribution in [3.05, 3.63) is 29.8 Å². The Kier molecular flexibility index (Phi) is 4.86. The van der Waals surface area contributed by atoms with Crippen molar-refractivity contribution in [2.45, 2.75) is 12.8 Å². The highest BCUT2D eigenvalue weighted by atomic mass is 32.2. The summed E-state index contributed by atoms with van der Waals surface area (Å²) in [5, 5.41) is 4.88. The van der Waals surface area contributed by atoms with Gasteiger partial charge in [-0.15, -0.1) is 0 Å². The van der Waals surface area contributed by atoms with Crippen LogP contribution in [0.2, 0.25) is 0 Å². The zero-order valence-electron chi connectivity index (χ0n) is 11.3. The molecule has 1 fully saturated rings. The first kappa shape index (κ1) is 15.8. The van der Waals surface area contributed by atoms with E-state index in [1.165, 1.54) is 17.2 Å². The summed E-state index contributed by atoms with van der Waals surface area (Å²) in [5.41, 5.74) is -0.0231. The zero-order chi connectivity index (χ0) is 15.5. The fourth-order valence-corrected chi connectivity index (χ4v) is 2.84. The van der Waals surface area contributed by atoms with Crippen molar-refractivity contribution in [2.75, 3.05) is 19.6 Å². The number of piperidine rings is 1. The predicted octanol–water partition coefficient (Wildman–Crippen LogP) is -0.134. The molecule has 1 aromatic heterocycles. The summed E-state index contributed by atoms with van der Waals surface area (Å²) in [4.78, 5) is 17.4. The van der Waals surface area contributed by atoms with Crippen molar-refractivity contribution in [1.29, 1.82) is 0 Å². The number of nitrogens with two attached hydrogens (primary N) is 1. The highest BCUT2D eigenvalue weighted by Gasteiger charge is 2.26. The molecule has 0 bridgehead atoms. The van der Waals surface area contributed by atoms with E-state index in [1.807, 2.05) is 0 Å². The minimum atomic E-state index is -3.74. The molecule has 0 saturated carbocycles. The molecule has 9 heteroatoms. The van der Waals surface area contributed by atoms with Gasteiger partial charge in [-0.1, -0.05) is 0 Å². The van der Waals surface area contributed by atoms with Gasteiger partial charge in [-0.25, -0.2) is 14.3 Å². The van der Waals surface area contributed by atoms with E-state index in [-0.39, 0.29) is 18.0 Å². The van der Waals surface area contributed by atoms with Crippen molar-refractivity contribution in [1.82, 2.24) is 14.6 Å². The summed E-state index contributed by atoms with van der Waals surface area (Å²) in [6, 6.07) is 1.34. The molecule has 0 radical (unpaired) electrons. The number of pyridine rings is 1. The minimum Gasteiger partial charge on any atom is -0.338 e. The molecule has 0 spiro atoms. The Hall–Kier alpha value is -1.58. The highest BCUT2D eigenvalue weighted by molar-refractivity contribution is 7.87. The van der Waals surface area contributed by atoms with Crippen LogP contribution >= 0.6 is 0 Å². The molecule has 1 saturated heterocycles. The van der Waals surface area contributed by atoms with Crippen molar-refractivity contribution in [3.63, 3.8) is 0 Å².